The molecule has 18 heteroatoms. The molecule has 4 rings (SSSR count). The maximum Gasteiger partial charge on any atom is 0.356 e. The second-order valence-electron chi connectivity index (χ2n) is 8.62. The number of amides is 1. The monoisotopic (exact) mass is 584 g/mol. The van der Waals surface area contributed by atoms with Gasteiger partial charge in [-0.05, 0) is 30.7 Å². The highest BCUT2D eigenvalue weighted by molar-refractivity contribution is 5.97. The van der Waals surface area contributed by atoms with Crippen LogP contribution in [0, 0.1) is 0 Å². The highest BCUT2D eigenvalue weighted by Gasteiger charge is 2.21. The zero-order valence-electron chi connectivity index (χ0n) is 21.9. The van der Waals surface area contributed by atoms with E-state index in [2.05, 4.69) is 25.3 Å². The molecule has 42 heavy (non-hydrogen) atoms. The molecule has 0 aliphatic carbocycles. The molecule has 1 atom stereocenters. The second-order valence-corrected chi connectivity index (χ2v) is 8.62. The largest absolute Gasteiger partial charge is 0.481 e. The van der Waals surface area contributed by atoms with Crippen LogP contribution in [0.3, 0.4) is 0 Å². The predicted octanol–water partition coefficient (Wildman–Crippen LogP) is -0.462. The third-order valence-corrected chi connectivity index (χ3v) is 5.50. The summed E-state index contributed by atoms with van der Waals surface area (Å²) in [5, 5.41) is 20.2. The highest BCUT2D eigenvalue weighted by atomic mass is 19.2. The van der Waals surface area contributed by atoms with E-state index < -0.39 is 35.1 Å². The van der Waals surface area contributed by atoms with Crippen LogP contribution in [0.5, 0.6) is 0 Å². The third kappa shape index (κ3) is 8.28. The fourth-order valence-corrected chi connectivity index (χ4v) is 3.43. The number of carboxylic acids is 2. The fourth-order valence-electron chi connectivity index (χ4n) is 3.43. The van der Waals surface area contributed by atoms with Crippen LogP contribution in [-0.4, -0.2) is 70.9 Å². The van der Waals surface area contributed by atoms with Crippen LogP contribution in [0.1, 0.15) is 28.9 Å². The minimum absolute atomic E-state index is 0.0138. The fraction of sp³-hybridized carbons (Fsp3) is 0.208. The number of aliphatic carboxylic acids is 2. The van der Waals surface area contributed by atoms with Crippen LogP contribution in [0.2, 0.25) is 0 Å². The van der Waals surface area contributed by atoms with Crippen molar-refractivity contribution in [1.29, 1.82) is 0 Å². The van der Waals surface area contributed by atoms with Gasteiger partial charge in [0.15, 0.2) is 17.0 Å². The number of aromatic nitrogens is 6. The van der Waals surface area contributed by atoms with Gasteiger partial charge in [0.05, 0.1) is 18.4 Å². The summed E-state index contributed by atoms with van der Waals surface area (Å²) in [5.74, 6) is -2.91. The molecule has 1 amide bonds. The molecule has 220 valence electrons. The Morgan fingerprint density at radius 1 is 1.10 bits per heavy atom. The summed E-state index contributed by atoms with van der Waals surface area (Å²) in [6.45, 7) is 0.370. The second kappa shape index (κ2) is 13.4. The number of nitrogen functional groups attached to an aromatic ring is 2. The number of carbonyl (C=O) groups is 3. The molecular formula is C24H25FN10O7. The van der Waals surface area contributed by atoms with Crippen molar-refractivity contribution in [3.05, 3.63) is 74.8 Å². The van der Waals surface area contributed by atoms with Gasteiger partial charge in [-0.1, -0.05) is 4.48 Å². The molecule has 4 aromatic rings. The third-order valence-electron chi connectivity index (χ3n) is 5.50. The first-order valence-corrected chi connectivity index (χ1v) is 11.9. The summed E-state index contributed by atoms with van der Waals surface area (Å²) in [4.78, 5) is 74.6. The normalized spacial score (nSPS) is 11.2. The van der Waals surface area contributed by atoms with Crippen molar-refractivity contribution >= 4 is 46.5 Å². The van der Waals surface area contributed by atoms with Gasteiger partial charge in [-0.2, -0.15) is 9.97 Å². The number of anilines is 3. The minimum Gasteiger partial charge on any atom is -0.481 e. The molecule has 0 bridgehead atoms. The van der Waals surface area contributed by atoms with Gasteiger partial charge in [0.2, 0.25) is 5.95 Å². The minimum atomic E-state index is -1.30. The molecule has 17 nitrogen and oxygen atoms in total. The number of carboxylic acid groups (broad SMARTS) is 2. The predicted molar refractivity (Wildman–Crippen MR) is 146 cm³/mol. The summed E-state index contributed by atoms with van der Waals surface area (Å²) in [7, 11) is 1.82. The molecule has 0 saturated heterocycles. The molecule has 0 unspecified atom stereocenters. The van der Waals surface area contributed by atoms with Gasteiger partial charge < -0.3 is 31.9 Å². The Bertz CT molecular complexity index is 1730. The van der Waals surface area contributed by atoms with Gasteiger partial charge in [0, 0.05) is 37.0 Å². The quantitative estimate of drug-likeness (QED) is 0.145. The standard InChI is InChI=1S/C20H22N8O5.C4H3FN2O2/c1-28(9-11-8-23-17-15(24-11)16(21)26-20(22)27-17)12-4-2-10(3-5-12)18(31)25-13(19(32)33)6-7-14(29)30;5-7-2-1-3(8)6-4(7)9/h2-5,8,13H,6-7,9H2,1H3,(H,25,31)(H,29,30)(H,32,33)(H4,21,22,23,26,27);1-2H,(H,6,8,9)/t13-;/m0./s1. The first kappa shape index (κ1) is 30.6. The smallest absolute Gasteiger partial charge is 0.356 e. The van der Waals surface area contributed by atoms with Crippen molar-refractivity contribution in [2.75, 3.05) is 23.4 Å². The first-order chi connectivity index (χ1) is 19.8. The van der Waals surface area contributed by atoms with E-state index in [0.29, 0.717) is 23.4 Å². The van der Waals surface area contributed by atoms with E-state index in [0.717, 1.165) is 18.0 Å². The molecular weight excluding hydrogens is 559 g/mol. The summed E-state index contributed by atoms with van der Waals surface area (Å²) < 4.78 is 11.9. The topological polar surface area (TPSA) is 265 Å². The number of hydrogen-bond acceptors (Lipinski definition) is 12. The number of carbonyl (C=O) groups excluding carboxylic acids is 1. The van der Waals surface area contributed by atoms with Crippen molar-refractivity contribution in [2.45, 2.75) is 25.4 Å². The molecule has 0 radical (unpaired) electrons. The van der Waals surface area contributed by atoms with Crippen LogP contribution in [0.25, 0.3) is 11.2 Å². The van der Waals surface area contributed by atoms with Crippen molar-refractivity contribution in [3.8, 4) is 0 Å². The molecule has 0 fully saturated rings. The van der Waals surface area contributed by atoms with Crippen LogP contribution in [0.15, 0.2) is 52.3 Å². The number of halogens is 1. The van der Waals surface area contributed by atoms with Gasteiger partial charge in [-0.25, -0.2) is 19.6 Å². The molecule has 0 aliphatic rings. The molecule has 0 aliphatic heterocycles. The lowest BCUT2D eigenvalue weighted by Crippen LogP contribution is -2.41. The molecule has 1 aromatic carbocycles. The van der Waals surface area contributed by atoms with Gasteiger partial charge in [-0.15, -0.1) is 4.79 Å². The average molecular weight is 585 g/mol. The van der Waals surface area contributed by atoms with Crippen molar-refractivity contribution < 1.29 is 29.1 Å². The van der Waals surface area contributed by atoms with E-state index in [1.165, 1.54) is 12.1 Å². The summed E-state index contributed by atoms with van der Waals surface area (Å²) >= 11 is 0. The van der Waals surface area contributed by atoms with E-state index >= 15 is 0 Å². The van der Waals surface area contributed by atoms with Crippen LogP contribution >= 0.6 is 0 Å². The number of rotatable bonds is 9. The average Bonchev–Trinajstić information content (AvgIpc) is 2.93. The SMILES string of the molecule is CN(Cc1cnc2nc(N)nc(N)c2n1)c1ccc(C(=O)N[C@@H](CCC(=O)O)C(=O)O)cc1.O=c1ccn(F)c(=O)[nH]1. The number of nitrogens with one attached hydrogen (secondary N) is 2. The number of benzene rings is 1. The number of nitrogens with two attached hydrogens (primary N) is 2. The lowest BCUT2D eigenvalue weighted by Gasteiger charge is -2.19. The molecule has 8 N–H and O–H groups in total. The van der Waals surface area contributed by atoms with Gasteiger partial charge in [0.1, 0.15) is 6.04 Å². The number of fused-ring (bicyclic) bond motifs is 1. The first-order valence-electron chi connectivity index (χ1n) is 11.9. The van der Waals surface area contributed by atoms with Crippen LogP contribution in [-0.2, 0) is 16.1 Å². The Labute approximate surface area is 234 Å². The van der Waals surface area contributed by atoms with Gasteiger partial charge in [-0.3, -0.25) is 19.4 Å². The van der Waals surface area contributed by atoms with E-state index in [4.69, 9.17) is 16.6 Å². The molecule has 3 heterocycles. The van der Waals surface area contributed by atoms with E-state index in [-0.39, 0.29) is 35.0 Å². The number of aromatic amines is 1. The van der Waals surface area contributed by atoms with Gasteiger partial charge in [0.25, 0.3) is 11.5 Å². The van der Waals surface area contributed by atoms with Crippen LogP contribution < -0.4 is 32.9 Å². The lowest BCUT2D eigenvalue weighted by atomic mass is 10.1. The van der Waals surface area contributed by atoms with Crippen molar-refractivity contribution in [3.63, 3.8) is 0 Å². The van der Waals surface area contributed by atoms with Crippen molar-refractivity contribution in [2.24, 2.45) is 0 Å². The molecule has 0 saturated carbocycles. The maximum atomic E-state index is 12.4. The number of nitrogens with zero attached hydrogens (tertiary/aromatic N) is 6. The Morgan fingerprint density at radius 3 is 2.38 bits per heavy atom. The zero-order chi connectivity index (χ0) is 31.0. The maximum absolute atomic E-state index is 12.4. The van der Waals surface area contributed by atoms with Crippen molar-refractivity contribution in [1.82, 2.24) is 35.0 Å². The van der Waals surface area contributed by atoms with E-state index in [1.807, 2.05) is 11.9 Å². The summed E-state index contributed by atoms with van der Waals surface area (Å²) in [5.41, 5.74) is 12.0. The summed E-state index contributed by atoms with van der Waals surface area (Å²) in [6.07, 6.45) is 1.72. The molecule has 0 spiro atoms. The Balaban J connectivity index is 0.000000458. The van der Waals surface area contributed by atoms with Gasteiger partial charge >= 0.3 is 17.6 Å². The van der Waals surface area contributed by atoms with Crippen LogP contribution in [0.4, 0.5) is 21.9 Å². The molecule has 3 aromatic heterocycles. The Morgan fingerprint density at radius 2 is 1.79 bits per heavy atom. The van der Waals surface area contributed by atoms with E-state index in [1.54, 1.807) is 23.3 Å². The Kier molecular flexibility index (Phi) is 9.77. The Hall–Kier alpha value is -5.94. The number of H-pyrrole nitrogens is 1. The zero-order valence-corrected chi connectivity index (χ0v) is 21.9. The number of hydrogen-bond donors (Lipinski definition) is 6. The highest BCUT2D eigenvalue weighted by Crippen LogP contribution is 2.19. The van der Waals surface area contributed by atoms with E-state index in [9.17, 15) is 33.6 Å². The lowest BCUT2D eigenvalue weighted by molar-refractivity contribution is -0.140. The summed E-state index contributed by atoms with van der Waals surface area (Å²) in [6, 6.07) is 6.08.